The first-order chi connectivity index (χ1) is 6.31. The zero-order valence-corrected chi connectivity index (χ0v) is 7.67. The molecule has 1 heterocycles. The predicted octanol–water partition coefficient (Wildman–Crippen LogP) is 2.48. The number of nitrogens with one attached hydrogen (secondary N) is 1. The van der Waals surface area contributed by atoms with Crippen LogP contribution in [-0.2, 0) is 0 Å². The quantitative estimate of drug-likeness (QED) is 0.652. The number of nitrogens with zero attached hydrogens (tertiary/aromatic N) is 1. The molecule has 66 valence electrons. The van der Waals surface area contributed by atoms with E-state index < -0.39 is 0 Å². The van der Waals surface area contributed by atoms with E-state index in [1.54, 1.807) is 0 Å². The molecule has 0 bridgehead atoms. The topological polar surface area (TPSA) is 35.8 Å². The predicted molar refractivity (Wildman–Crippen MR) is 52.7 cm³/mol. The van der Waals surface area contributed by atoms with Gasteiger partial charge in [0, 0.05) is 12.2 Å². The first-order valence-corrected chi connectivity index (χ1v) is 4.59. The summed E-state index contributed by atoms with van der Waals surface area (Å²) in [7, 11) is 0. The van der Waals surface area contributed by atoms with Crippen LogP contribution in [0.15, 0.2) is 18.2 Å². The monoisotopic (exact) mass is 172 g/mol. The van der Waals surface area contributed by atoms with E-state index in [4.69, 9.17) is 5.26 Å². The van der Waals surface area contributed by atoms with Gasteiger partial charge in [-0.25, -0.2) is 0 Å². The third kappa shape index (κ3) is 1.38. The molecule has 1 aromatic rings. The Labute approximate surface area is 78.2 Å². The Morgan fingerprint density at radius 2 is 2.38 bits per heavy atom. The summed E-state index contributed by atoms with van der Waals surface area (Å²) < 4.78 is 0. The Kier molecular flexibility index (Phi) is 1.94. The van der Waals surface area contributed by atoms with Crippen LogP contribution >= 0.6 is 0 Å². The van der Waals surface area contributed by atoms with Crippen LogP contribution in [-0.4, -0.2) is 6.54 Å². The van der Waals surface area contributed by atoms with Crippen molar-refractivity contribution in [3.8, 4) is 6.07 Å². The van der Waals surface area contributed by atoms with E-state index in [1.165, 1.54) is 11.3 Å². The second kappa shape index (κ2) is 3.10. The minimum Gasteiger partial charge on any atom is -0.385 e. The van der Waals surface area contributed by atoms with Gasteiger partial charge in [0.2, 0.25) is 0 Å². The van der Waals surface area contributed by atoms with Gasteiger partial charge in [-0.15, -0.1) is 0 Å². The smallest absolute Gasteiger partial charge is 0.0991 e. The van der Waals surface area contributed by atoms with Crippen LogP contribution in [0.4, 0.5) is 5.69 Å². The van der Waals surface area contributed by atoms with E-state index >= 15 is 0 Å². The summed E-state index contributed by atoms with van der Waals surface area (Å²) in [6, 6.07) is 8.03. The fourth-order valence-corrected chi connectivity index (χ4v) is 1.78. The number of rotatable bonds is 0. The molecule has 1 aliphatic heterocycles. The molecule has 1 N–H and O–H groups in total. The Morgan fingerprint density at radius 1 is 1.54 bits per heavy atom. The molecule has 0 unspecified atom stereocenters. The van der Waals surface area contributed by atoms with Crippen molar-refractivity contribution in [1.82, 2.24) is 0 Å². The minimum atomic E-state index is 0.574. The van der Waals surface area contributed by atoms with E-state index in [1.807, 2.05) is 18.2 Å². The fourth-order valence-electron chi connectivity index (χ4n) is 1.78. The van der Waals surface area contributed by atoms with E-state index in [2.05, 4.69) is 18.3 Å². The van der Waals surface area contributed by atoms with Crippen LogP contribution < -0.4 is 5.32 Å². The van der Waals surface area contributed by atoms with E-state index in [0.29, 0.717) is 5.92 Å². The van der Waals surface area contributed by atoms with Gasteiger partial charge in [0.15, 0.2) is 0 Å². The first-order valence-electron chi connectivity index (χ1n) is 4.59. The molecule has 13 heavy (non-hydrogen) atoms. The third-order valence-electron chi connectivity index (χ3n) is 2.60. The molecular formula is C11H12N2. The molecule has 1 aromatic carbocycles. The van der Waals surface area contributed by atoms with Crippen molar-refractivity contribution >= 4 is 5.69 Å². The number of fused-ring (bicyclic) bond motifs is 1. The third-order valence-corrected chi connectivity index (χ3v) is 2.60. The van der Waals surface area contributed by atoms with Crippen LogP contribution in [0.1, 0.15) is 30.4 Å². The first kappa shape index (κ1) is 8.12. The average molecular weight is 172 g/mol. The lowest BCUT2D eigenvalue weighted by Crippen LogP contribution is -2.14. The maximum absolute atomic E-state index is 8.76. The second-order valence-electron chi connectivity index (χ2n) is 3.53. The van der Waals surface area contributed by atoms with Gasteiger partial charge < -0.3 is 5.32 Å². The minimum absolute atomic E-state index is 0.574. The molecule has 0 aliphatic carbocycles. The summed E-state index contributed by atoms with van der Waals surface area (Å²) in [5.41, 5.74) is 3.23. The number of nitriles is 1. The SMILES string of the molecule is C[C@@H]1CCNc2ccc(C#N)cc21. The molecule has 0 saturated carbocycles. The summed E-state index contributed by atoms with van der Waals surface area (Å²) in [6.45, 7) is 3.25. The molecule has 0 amide bonds. The van der Waals surface area contributed by atoms with Crippen molar-refractivity contribution < 1.29 is 0 Å². The zero-order chi connectivity index (χ0) is 9.26. The fraction of sp³-hybridized carbons (Fsp3) is 0.364. The van der Waals surface area contributed by atoms with Gasteiger partial charge >= 0.3 is 0 Å². The van der Waals surface area contributed by atoms with Crippen LogP contribution in [0, 0.1) is 11.3 Å². The standard InChI is InChI=1S/C11H12N2/c1-8-4-5-13-11-3-2-9(7-12)6-10(8)11/h2-3,6,8,13H,4-5H2,1H3/t8-/m1/s1. The van der Waals surface area contributed by atoms with Gasteiger partial charge in [0.1, 0.15) is 0 Å². The molecule has 0 aromatic heterocycles. The summed E-state index contributed by atoms with van der Waals surface area (Å²) in [5.74, 6) is 0.574. The summed E-state index contributed by atoms with van der Waals surface area (Å²) in [6.07, 6.45) is 1.15. The summed E-state index contributed by atoms with van der Waals surface area (Å²) in [5, 5.41) is 12.1. The van der Waals surface area contributed by atoms with E-state index in [0.717, 1.165) is 18.5 Å². The van der Waals surface area contributed by atoms with Crippen molar-refractivity contribution in [1.29, 1.82) is 5.26 Å². The van der Waals surface area contributed by atoms with Crippen molar-refractivity contribution in [2.75, 3.05) is 11.9 Å². The lowest BCUT2D eigenvalue weighted by atomic mass is 9.91. The highest BCUT2D eigenvalue weighted by Gasteiger charge is 2.15. The van der Waals surface area contributed by atoms with Crippen molar-refractivity contribution in [3.63, 3.8) is 0 Å². The number of hydrogen-bond acceptors (Lipinski definition) is 2. The number of hydrogen-bond donors (Lipinski definition) is 1. The Hall–Kier alpha value is -1.49. The van der Waals surface area contributed by atoms with Crippen molar-refractivity contribution in [3.05, 3.63) is 29.3 Å². The average Bonchev–Trinajstić information content (AvgIpc) is 2.18. The molecule has 1 aliphatic rings. The Balaban J connectivity index is 2.48. The maximum atomic E-state index is 8.76. The lowest BCUT2D eigenvalue weighted by molar-refractivity contribution is 0.683. The highest BCUT2D eigenvalue weighted by atomic mass is 14.9. The van der Waals surface area contributed by atoms with Crippen molar-refractivity contribution in [2.24, 2.45) is 0 Å². The molecule has 0 saturated heterocycles. The molecular weight excluding hydrogens is 160 g/mol. The Morgan fingerprint density at radius 3 is 3.15 bits per heavy atom. The largest absolute Gasteiger partial charge is 0.385 e. The van der Waals surface area contributed by atoms with Gasteiger partial charge in [-0.3, -0.25) is 0 Å². The Bertz CT molecular complexity index is 363. The molecule has 2 rings (SSSR count). The van der Waals surface area contributed by atoms with Crippen LogP contribution in [0.25, 0.3) is 0 Å². The van der Waals surface area contributed by atoms with Crippen molar-refractivity contribution in [2.45, 2.75) is 19.3 Å². The molecule has 0 fully saturated rings. The molecule has 0 spiro atoms. The van der Waals surface area contributed by atoms with E-state index in [9.17, 15) is 0 Å². The summed E-state index contributed by atoms with van der Waals surface area (Å²) >= 11 is 0. The van der Waals surface area contributed by atoms with E-state index in [-0.39, 0.29) is 0 Å². The van der Waals surface area contributed by atoms with Gasteiger partial charge in [0.25, 0.3) is 0 Å². The number of anilines is 1. The maximum Gasteiger partial charge on any atom is 0.0991 e. The van der Waals surface area contributed by atoms with Crippen LogP contribution in [0.2, 0.25) is 0 Å². The highest BCUT2D eigenvalue weighted by Crippen LogP contribution is 2.31. The highest BCUT2D eigenvalue weighted by molar-refractivity contribution is 5.57. The second-order valence-corrected chi connectivity index (χ2v) is 3.53. The normalized spacial score (nSPS) is 19.8. The van der Waals surface area contributed by atoms with Gasteiger partial charge in [-0.1, -0.05) is 6.92 Å². The van der Waals surface area contributed by atoms with Crippen LogP contribution in [0.5, 0.6) is 0 Å². The van der Waals surface area contributed by atoms with Gasteiger partial charge in [-0.2, -0.15) is 5.26 Å². The number of benzene rings is 1. The van der Waals surface area contributed by atoms with Crippen LogP contribution in [0.3, 0.4) is 0 Å². The van der Waals surface area contributed by atoms with Gasteiger partial charge in [-0.05, 0) is 36.1 Å². The zero-order valence-electron chi connectivity index (χ0n) is 7.67. The summed E-state index contributed by atoms with van der Waals surface area (Å²) in [4.78, 5) is 0. The molecule has 0 radical (unpaired) electrons. The molecule has 1 atom stereocenters. The lowest BCUT2D eigenvalue weighted by Gasteiger charge is -2.23. The molecule has 2 nitrogen and oxygen atoms in total. The molecule has 2 heteroatoms. The van der Waals surface area contributed by atoms with Gasteiger partial charge in [0.05, 0.1) is 11.6 Å².